The molecule has 2 aromatic heterocycles. The van der Waals surface area contributed by atoms with Crippen molar-refractivity contribution in [3.05, 3.63) is 23.8 Å². The maximum Gasteiger partial charge on any atom is 0.327 e. The molecular formula is C63H113N13O16P2. The molecular weight excluding hydrogens is 1260 g/mol. The van der Waals surface area contributed by atoms with E-state index < -0.39 is 142 Å². The predicted molar refractivity (Wildman–Crippen MR) is 354 cm³/mol. The molecule has 536 valence electrons. The van der Waals surface area contributed by atoms with Gasteiger partial charge in [0, 0.05) is 75.1 Å². The summed E-state index contributed by atoms with van der Waals surface area (Å²) < 4.78 is 25.6. The molecule has 0 aromatic carbocycles. The number of amides is 4. The van der Waals surface area contributed by atoms with E-state index in [1.165, 1.54) is 102 Å². The zero-order chi connectivity index (χ0) is 70.1. The number of rotatable bonds is 58. The van der Waals surface area contributed by atoms with Gasteiger partial charge in [-0.05, 0) is 84.3 Å². The van der Waals surface area contributed by atoms with Crippen LogP contribution in [0.3, 0.4) is 0 Å². The van der Waals surface area contributed by atoms with E-state index in [2.05, 4.69) is 48.8 Å². The minimum Gasteiger partial charge on any atom is -0.480 e. The standard InChI is InChI=1S/C63H113N13O16P2/c1-5-6-7-8-9-10-11-12-13-14-15-16-17-18-19-27-52(77)37-45(2)59(81)68-53(28-21-24-31-65)58(80)41-49(39-50-43-75(73-71-50)33-35-93(87,88)89)62(84)67-47(4)56(78)40-48(26-20-23-30-64)61(83)70-55(42-51-44-76(74-72-51)34-36-94(90,91)92)57(79)38-46(3)60(82)69-54(63(85)86)29-22-25-32-66/h43-49,53-55H,5-42,64-66H2,1-4H3,(H,67,84)(H,68,81)(H,69,82)(H,70,83)(H,85,86)(H2,87,88,89)(H2,90,91,92)/t45-,46-,47+,48-,49-,53+,54+,55+/m1/s1. The summed E-state index contributed by atoms with van der Waals surface area (Å²) in [5.74, 6) is -10.3. The highest BCUT2D eigenvalue weighted by Crippen LogP contribution is 2.35. The number of aliphatic carboxylic acids is 1. The van der Waals surface area contributed by atoms with Gasteiger partial charge in [-0.15, -0.1) is 10.2 Å². The van der Waals surface area contributed by atoms with E-state index in [-0.39, 0.29) is 75.3 Å². The Morgan fingerprint density at radius 2 is 0.872 bits per heavy atom. The summed E-state index contributed by atoms with van der Waals surface area (Å²) >= 11 is 0. The zero-order valence-corrected chi connectivity index (χ0v) is 58.0. The molecule has 94 heavy (non-hydrogen) atoms. The highest BCUT2D eigenvalue weighted by molar-refractivity contribution is 7.52. The quantitative estimate of drug-likeness (QED) is 0.0305. The monoisotopic (exact) mass is 1370 g/mol. The van der Waals surface area contributed by atoms with Crippen LogP contribution in [-0.2, 0) is 78.2 Å². The number of Topliss-reactive ketones (excluding diaryl/α,β-unsaturated/α-hetero) is 4. The summed E-state index contributed by atoms with van der Waals surface area (Å²) in [7, 11) is -8.89. The number of ketones is 4. The summed E-state index contributed by atoms with van der Waals surface area (Å²) in [6.45, 7) is 7.00. The Morgan fingerprint density at radius 3 is 1.35 bits per heavy atom. The molecule has 0 bridgehead atoms. The molecule has 0 aliphatic carbocycles. The largest absolute Gasteiger partial charge is 0.480 e. The van der Waals surface area contributed by atoms with Gasteiger partial charge in [0.1, 0.15) is 11.8 Å². The van der Waals surface area contributed by atoms with Crippen LogP contribution in [0, 0.1) is 23.7 Å². The number of aryl methyl sites for hydroxylation is 2. The van der Waals surface area contributed by atoms with Gasteiger partial charge in [0.25, 0.3) is 0 Å². The number of nitrogens with zero attached hydrogens (tertiary/aromatic N) is 6. The van der Waals surface area contributed by atoms with Crippen LogP contribution in [0.1, 0.15) is 225 Å². The number of hydrogen-bond donors (Lipinski definition) is 12. The minimum absolute atomic E-state index is 0.0270. The number of carboxylic acid groups (broad SMARTS) is 1. The van der Waals surface area contributed by atoms with Crippen molar-refractivity contribution < 1.29 is 77.0 Å². The van der Waals surface area contributed by atoms with Gasteiger partial charge >= 0.3 is 21.2 Å². The zero-order valence-electron chi connectivity index (χ0n) is 56.2. The smallest absolute Gasteiger partial charge is 0.327 e. The van der Waals surface area contributed by atoms with Crippen molar-refractivity contribution in [1.82, 2.24) is 51.3 Å². The molecule has 2 rings (SSSR count). The van der Waals surface area contributed by atoms with Gasteiger partial charge in [0.05, 0.1) is 60.8 Å². The fraction of sp³-hybridized carbons (Fsp3) is 0.794. The Labute approximate surface area is 554 Å². The highest BCUT2D eigenvalue weighted by atomic mass is 31.2. The van der Waals surface area contributed by atoms with Gasteiger partial charge < -0.3 is 63.1 Å². The van der Waals surface area contributed by atoms with Gasteiger partial charge in [-0.3, -0.25) is 56.8 Å². The molecule has 0 unspecified atom stereocenters. The molecule has 31 heteroatoms. The lowest BCUT2D eigenvalue weighted by Crippen LogP contribution is -2.48. The third kappa shape index (κ3) is 38.3. The van der Waals surface area contributed by atoms with Gasteiger partial charge in [0.2, 0.25) is 23.6 Å². The maximum atomic E-state index is 14.5. The van der Waals surface area contributed by atoms with E-state index in [1.807, 2.05) is 0 Å². The summed E-state index contributed by atoms with van der Waals surface area (Å²) in [6, 6.07) is -5.09. The van der Waals surface area contributed by atoms with E-state index in [9.17, 15) is 77.0 Å². The first kappa shape index (κ1) is 84.6. The van der Waals surface area contributed by atoms with Crippen LogP contribution in [0.15, 0.2) is 12.4 Å². The van der Waals surface area contributed by atoms with E-state index in [0.717, 1.165) is 23.9 Å². The second-order valence-electron chi connectivity index (χ2n) is 25.4. The minimum atomic E-state index is -4.45. The maximum absolute atomic E-state index is 14.5. The normalized spacial score (nSPS) is 14.4. The van der Waals surface area contributed by atoms with Crippen molar-refractivity contribution in [2.75, 3.05) is 32.0 Å². The number of nitrogens with two attached hydrogens (primary N) is 3. The van der Waals surface area contributed by atoms with Crippen molar-refractivity contribution in [3.8, 4) is 0 Å². The molecule has 0 spiro atoms. The number of unbranched alkanes of at least 4 members (excludes halogenated alkanes) is 17. The fourth-order valence-corrected chi connectivity index (χ4v) is 11.8. The van der Waals surface area contributed by atoms with Crippen LogP contribution in [0.4, 0.5) is 0 Å². The number of carboxylic acids is 1. The molecule has 15 N–H and O–H groups in total. The van der Waals surface area contributed by atoms with Crippen LogP contribution < -0.4 is 38.5 Å². The first-order valence-corrected chi connectivity index (χ1v) is 37.7. The number of nitrogens with one attached hydrogen (secondary N) is 4. The van der Waals surface area contributed by atoms with E-state index in [4.69, 9.17) is 17.2 Å². The molecule has 4 amide bonds. The van der Waals surface area contributed by atoms with Crippen LogP contribution in [0.5, 0.6) is 0 Å². The molecule has 0 fully saturated rings. The molecule has 0 saturated carbocycles. The van der Waals surface area contributed by atoms with Crippen LogP contribution in [0.2, 0.25) is 0 Å². The Hall–Kier alpha value is -5.51. The van der Waals surface area contributed by atoms with Crippen LogP contribution in [-0.4, -0.2) is 164 Å². The average Bonchev–Trinajstić information content (AvgIpc) is 2.18. The molecule has 0 aliphatic rings. The van der Waals surface area contributed by atoms with Crippen LogP contribution in [0.25, 0.3) is 0 Å². The average molecular weight is 1370 g/mol. The Balaban J connectivity index is 2.32. The second kappa shape index (κ2) is 47.4. The van der Waals surface area contributed by atoms with Crippen molar-refractivity contribution in [2.45, 2.75) is 264 Å². The van der Waals surface area contributed by atoms with Crippen molar-refractivity contribution in [3.63, 3.8) is 0 Å². The summed E-state index contributed by atoms with van der Waals surface area (Å²) in [4.78, 5) is 162. The van der Waals surface area contributed by atoms with Gasteiger partial charge in [-0.25, -0.2) is 4.79 Å². The lowest BCUT2D eigenvalue weighted by molar-refractivity contribution is -0.143. The van der Waals surface area contributed by atoms with E-state index in [1.54, 1.807) is 6.92 Å². The first-order chi connectivity index (χ1) is 44.6. The third-order valence-electron chi connectivity index (χ3n) is 16.7. The summed E-state index contributed by atoms with van der Waals surface area (Å²) in [5, 5.41) is 36.4. The van der Waals surface area contributed by atoms with Crippen molar-refractivity contribution in [2.24, 2.45) is 40.9 Å². The SMILES string of the molecule is CCCCCCCCCCCCCCCCCC(=O)C[C@@H](C)C(=O)N[C@@H](CCCCN)C(=O)C[C@@H](Cc1cn(CCP(=O)(O)O)nn1)C(=O)N[C@@H](C)C(=O)C[C@@H](CCCCN)C(=O)N[C@@H](Cc1cn(CCP(=O)(O)O)nn1)C(=O)C[C@@H](C)C(=O)N[C@@H](CCCCN)C(=O)O. The lowest BCUT2D eigenvalue weighted by atomic mass is 9.90. The number of carbonyl (C=O) groups excluding carboxylic acids is 8. The van der Waals surface area contributed by atoms with Crippen LogP contribution >= 0.6 is 15.2 Å². The Bertz CT molecular complexity index is 2700. The lowest BCUT2D eigenvalue weighted by Gasteiger charge is -2.25. The van der Waals surface area contributed by atoms with E-state index >= 15 is 0 Å². The van der Waals surface area contributed by atoms with Crippen molar-refractivity contribution >= 4 is 67.9 Å². The molecule has 8 atom stereocenters. The van der Waals surface area contributed by atoms with Gasteiger partial charge in [-0.2, -0.15) is 0 Å². The second-order valence-corrected chi connectivity index (χ2v) is 28.9. The Morgan fingerprint density at radius 1 is 0.468 bits per heavy atom. The molecule has 29 nitrogen and oxygen atoms in total. The third-order valence-corrected chi connectivity index (χ3v) is 18.2. The fourth-order valence-electron chi connectivity index (χ4n) is 10.8. The molecule has 0 aliphatic heterocycles. The Kier molecular flexibility index (Phi) is 42.7. The number of aromatic nitrogens is 6. The highest BCUT2D eigenvalue weighted by Gasteiger charge is 2.35. The van der Waals surface area contributed by atoms with Gasteiger partial charge in [-0.1, -0.05) is 128 Å². The summed E-state index contributed by atoms with van der Waals surface area (Å²) in [5.41, 5.74) is 17.4. The number of carbonyl (C=O) groups is 9. The topological polar surface area (TPSA) is 477 Å². The predicted octanol–water partition coefficient (Wildman–Crippen LogP) is 5.04. The first-order valence-electron chi connectivity index (χ1n) is 34.1. The van der Waals surface area contributed by atoms with E-state index in [0.29, 0.717) is 64.5 Å². The molecule has 0 saturated heterocycles. The molecule has 2 heterocycles. The molecule has 2 aromatic rings. The van der Waals surface area contributed by atoms with Gasteiger partial charge in [0.15, 0.2) is 17.3 Å². The summed E-state index contributed by atoms with van der Waals surface area (Å²) in [6.07, 6.45) is 20.6. The van der Waals surface area contributed by atoms with Crippen molar-refractivity contribution in [1.29, 1.82) is 0 Å². The number of hydrogen-bond acceptors (Lipinski definition) is 18. The molecule has 0 radical (unpaired) electrons.